The van der Waals surface area contributed by atoms with E-state index in [4.69, 9.17) is 0 Å². The Morgan fingerprint density at radius 2 is 1.44 bits per heavy atom. The zero-order valence-corrected chi connectivity index (χ0v) is 18.7. The lowest BCUT2D eigenvalue weighted by atomic mass is 9.61. The van der Waals surface area contributed by atoms with Gasteiger partial charge >= 0.3 is 6.98 Å². The van der Waals surface area contributed by atoms with Crippen LogP contribution in [-0.2, 0) is 0 Å². The lowest BCUT2D eigenvalue weighted by Crippen LogP contribution is -2.46. The van der Waals surface area contributed by atoms with Gasteiger partial charge in [-0.3, -0.25) is 0 Å². The zero-order valence-electron chi connectivity index (χ0n) is 18.7. The van der Waals surface area contributed by atoms with Crippen molar-refractivity contribution < 1.29 is 0 Å². The SMILES string of the molecule is CCCC/C=C/C(CCC)=C(/CCC)B1N(C)c2cc(C)c(C)cc2N1C. The number of fused-ring (bicyclic) bond motifs is 1. The fourth-order valence-corrected chi connectivity index (χ4v) is 4.23. The number of rotatable bonds is 9. The Bertz CT molecular complexity index is 655. The van der Waals surface area contributed by atoms with Crippen molar-refractivity contribution in [2.45, 2.75) is 79.6 Å². The van der Waals surface area contributed by atoms with Crippen LogP contribution in [0.4, 0.5) is 11.4 Å². The lowest BCUT2D eigenvalue weighted by Gasteiger charge is -2.28. The number of allylic oxidation sites excluding steroid dienone is 4. The van der Waals surface area contributed by atoms with Crippen LogP contribution in [0.1, 0.15) is 76.8 Å². The van der Waals surface area contributed by atoms with Gasteiger partial charge in [-0.2, -0.15) is 0 Å². The molecular weight excluding hydrogens is 327 g/mol. The van der Waals surface area contributed by atoms with Crippen molar-refractivity contribution in [3.8, 4) is 0 Å². The maximum atomic E-state index is 2.49. The normalized spacial score (nSPS) is 15.0. The predicted octanol–water partition coefficient (Wildman–Crippen LogP) is 6.86. The summed E-state index contributed by atoms with van der Waals surface area (Å²) in [5.41, 5.74) is 8.65. The molecule has 27 heavy (non-hydrogen) atoms. The topological polar surface area (TPSA) is 6.48 Å². The van der Waals surface area contributed by atoms with Crippen LogP contribution in [0.25, 0.3) is 0 Å². The Kier molecular flexibility index (Phi) is 8.07. The average Bonchev–Trinajstić information content (AvgIpc) is 2.87. The zero-order chi connectivity index (χ0) is 20.0. The van der Waals surface area contributed by atoms with Crippen LogP contribution < -0.4 is 9.62 Å². The Labute approximate surface area is 168 Å². The predicted molar refractivity (Wildman–Crippen MR) is 124 cm³/mol. The number of anilines is 2. The molecule has 1 aromatic rings. The highest BCUT2D eigenvalue weighted by Gasteiger charge is 2.39. The first kappa shape index (κ1) is 21.7. The first-order chi connectivity index (χ1) is 13.0. The van der Waals surface area contributed by atoms with Gasteiger partial charge in [0.2, 0.25) is 0 Å². The lowest BCUT2D eigenvalue weighted by molar-refractivity contribution is 0.812. The number of nitrogens with zero attached hydrogens (tertiary/aromatic N) is 2. The summed E-state index contributed by atoms with van der Waals surface area (Å²) in [6.07, 6.45) is 13.3. The molecule has 0 saturated heterocycles. The van der Waals surface area contributed by atoms with Crippen LogP contribution in [0, 0.1) is 13.8 Å². The molecule has 1 aliphatic heterocycles. The molecule has 3 heteroatoms. The molecule has 2 rings (SSSR count). The highest BCUT2D eigenvalue weighted by molar-refractivity contribution is 6.76. The number of unbranched alkanes of at least 4 members (excludes halogenated alkanes) is 2. The highest BCUT2D eigenvalue weighted by atomic mass is 15.3. The van der Waals surface area contributed by atoms with E-state index >= 15 is 0 Å². The van der Waals surface area contributed by atoms with Gasteiger partial charge in [0.05, 0.1) is 0 Å². The van der Waals surface area contributed by atoms with Crippen LogP contribution in [0.2, 0.25) is 0 Å². The summed E-state index contributed by atoms with van der Waals surface area (Å²) in [7, 11) is 4.53. The van der Waals surface area contributed by atoms with Gasteiger partial charge in [0.1, 0.15) is 0 Å². The Morgan fingerprint density at radius 3 is 1.93 bits per heavy atom. The number of aryl methyl sites for hydroxylation is 2. The first-order valence-corrected chi connectivity index (χ1v) is 10.9. The van der Waals surface area contributed by atoms with Crippen molar-refractivity contribution in [2.24, 2.45) is 0 Å². The van der Waals surface area contributed by atoms with E-state index in [-0.39, 0.29) is 0 Å². The Hall–Kier alpha value is -1.64. The number of benzene rings is 1. The van der Waals surface area contributed by atoms with Gasteiger partial charge in [0.15, 0.2) is 0 Å². The van der Waals surface area contributed by atoms with E-state index in [0.717, 1.165) is 0 Å². The van der Waals surface area contributed by atoms with Crippen molar-refractivity contribution >= 4 is 18.4 Å². The van der Waals surface area contributed by atoms with Crippen LogP contribution >= 0.6 is 0 Å². The monoisotopic (exact) mass is 366 g/mol. The van der Waals surface area contributed by atoms with Crippen molar-refractivity contribution in [1.29, 1.82) is 0 Å². The van der Waals surface area contributed by atoms with Gasteiger partial charge in [0.25, 0.3) is 0 Å². The van der Waals surface area contributed by atoms with Crippen LogP contribution in [-0.4, -0.2) is 21.1 Å². The minimum atomic E-state index is 0.332. The third kappa shape index (κ3) is 4.80. The molecule has 1 aliphatic rings. The molecule has 0 N–H and O–H groups in total. The van der Waals surface area contributed by atoms with Gasteiger partial charge in [-0.15, -0.1) is 0 Å². The van der Waals surface area contributed by atoms with Gasteiger partial charge in [-0.1, -0.05) is 69.7 Å². The van der Waals surface area contributed by atoms with Gasteiger partial charge in [0, 0.05) is 11.4 Å². The van der Waals surface area contributed by atoms with E-state index < -0.39 is 0 Å². The molecule has 0 spiro atoms. The van der Waals surface area contributed by atoms with E-state index in [2.05, 4.69) is 82.6 Å². The summed E-state index contributed by atoms with van der Waals surface area (Å²) in [5, 5.41) is 0. The second-order valence-electron chi connectivity index (χ2n) is 8.12. The molecule has 0 amide bonds. The van der Waals surface area contributed by atoms with Crippen molar-refractivity contribution in [1.82, 2.24) is 0 Å². The smallest absolute Gasteiger partial charge is 0.393 e. The maximum absolute atomic E-state index is 2.49. The van der Waals surface area contributed by atoms with Crippen molar-refractivity contribution in [3.05, 3.63) is 46.5 Å². The van der Waals surface area contributed by atoms with Crippen LogP contribution in [0.15, 0.2) is 35.3 Å². The largest absolute Gasteiger partial charge is 0.407 e. The summed E-state index contributed by atoms with van der Waals surface area (Å²) >= 11 is 0. The fourth-order valence-electron chi connectivity index (χ4n) is 4.23. The standard InChI is InChI=1S/C24H39BN2/c1-8-11-12-13-16-21(14-9-2)22(15-10-3)25-26(6)23-17-19(4)20(5)18-24(23)27(25)7/h13,16-18H,8-12,14-15H2,1-7H3/b16-13+,22-21-. The molecule has 1 aromatic carbocycles. The van der Waals surface area contributed by atoms with E-state index in [1.807, 2.05) is 0 Å². The van der Waals surface area contributed by atoms with E-state index in [1.165, 1.54) is 67.4 Å². The quantitative estimate of drug-likeness (QED) is 0.268. The highest BCUT2D eigenvalue weighted by Crippen LogP contribution is 2.41. The average molecular weight is 366 g/mol. The number of hydrogen-bond acceptors (Lipinski definition) is 2. The fraction of sp³-hybridized carbons (Fsp3) is 0.583. The molecule has 0 aromatic heterocycles. The van der Waals surface area contributed by atoms with Gasteiger partial charge < -0.3 is 9.62 Å². The molecule has 0 unspecified atom stereocenters. The second-order valence-corrected chi connectivity index (χ2v) is 8.12. The summed E-state index contributed by atoms with van der Waals surface area (Å²) in [4.78, 5) is 4.98. The molecular formula is C24H39BN2. The van der Waals surface area contributed by atoms with Gasteiger partial charge in [-0.25, -0.2) is 0 Å². The molecule has 0 radical (unpaired) electrons. The first-order valence-electron chi connectivity index (χ1n) is 10.9. The Morgan fingerprint density at radius 1 is 0.889 bits per heavy atom. The summed E-state index contributed by atoms with van der Waals surface area (Å²) < 4.78 is 0. The molecule has 2 nitrogen and oxygen atoms in total. The summed E-state index contributed by atoms with van der Waals surface area (Å²) in [5.74, 6) is 0. The Balaban J connectivity index is 2.45. The summed E-state index contributed by atoms with van der Waals surface area (Å²) in [6, 6.07) is 4.72. The summed E-state index contributed by atoms with van der Waals surface area (Å²) in [6.45, 7) is 11.6. The second kappa shape index (κ2) is 10.1. The third-order valence-electron chi connectivity index (χ3n) is 5.89. The minimum absolute atomic E-state index is 0.332. The van der Waals surface area contributed by atoms with Crippen LogP contribution in [0.5, 0.6) is 0 Å². The molecule has 0 fully saturated rings. The van der Waals surface area contributed by atoms with Crippen LogP contribution in [0.3, 0.4) is 0 Å². The maximum Gasteiger partial charge on any atom is 0.407 e. The van der Waals surface area contributed by atoms with Crippen molar-refractivity contribution in [3.63, 3.8) is 0 Å². The van der Waals surface area contributed by atoms with Gasteiger partial charge in [-0.05, 0) is 70.5 Å². The van der Waals surface area contributed by atoms with E-state index in [9.17, 15) is 0 Å². The molecule has 148 valence electrons. The minimum Gasteiger partial charge on any atom is -0.393 e. The number of hydrogen-bond donors (Lipinski definition) is 0. The van der Waals surface area contributed by atoms with E-state index in [1.54, 1.807) is 11.0 Å². The molecule has 0 bridgehead atoms. The van der Waals surface area contributed by atoms with E-state index in [0.29, 0.717) is 6.98 Å². The molecule has 1 heterocycles. The third-order valence-corrected chi connectivity index (χ3v) is 5.89. The van der Waals surface area contributed by atoms with Crippen molar-refractivity contribution in [2.75, 3.05) is 23.7 Å². The molecule has 0 atom stereocenters. The molecule has 0 aliphatic carbocycles. The molecule has 0 saturated carbocycles.